The fourth-order valence-corrected chi connectivity index (χ4v) is 4.36. The summed E-state index contributed by atoms with van der Waals surface area (Å²) in [6.07, 6.45) is 4.73. The SMILES string of the molecule is CCc1cccc2c(C(=O)CN3C(=O)N[C@@H](Cc4c[nH]c5ccccc45)C3=O)c[nH]c12. The van der Waals surface area contributed by atoms with Gasteiger partial charge in [0.2, 0.25) is 0 Å². The van der Waals surface area contributed by atoms with Gasteiger partial charge in [-0.1, -0.05) is 43.3 Å². The zero-order chi connectivity index (χ0) is 21.5. The van der Waals surface area contributed by atoms with E-state index in [1.165, 1.54) is 0 Å². The Labute approximate surface area is 178 Å². The summed E-state index contributed by atoms with van der Waals surface area (Å²) in [7, 11) is 0. The van der Waals surface area contributed by atoms with Crippen LogP contribution in [0.1, 0.15) is 28.4 Å². The second-order valence-electron chi connectivity index (χ2n) is 7.81. The van der Waals surface area contributed by atoms with Crippen molar-refractivity contribution >= 4 is 39.5 Å². The maximum Gasteiger partial charge on any atom is 0.325 e. The number of carbonyl (C=O) groups is 3. The number of amides is 3. The summed E-state index contributed by atoms with van der Waals surface area (Å²) >= 11 is 0. The Morgan fingerprint density at radius 2 is 1.77 bits per heavy atom. The normalized spacial score (nSPS) is 16.4. The topological polar surface area (TPSA) is 98.1 Å². The zero-order valence-corrected chi connectivity index (χ0v) is 17.1. The van der Waals surface area contributed by atoms with Crippen LogP contribution in [0.2, 0.25) is 0 Å². The Hall–Kier alpha value is -3.87. The van der Waals surface area contributed by atoms with Gasteiger partial charge in [-0.3, -0.25) is 14.5 Å². The maximum atomic E-state index is 13.0. The number of rotatable bonds is 6. The molecule has 0 radical (unpaired) electrons. The van der Waals surface area contributed by atoms with Crippen LogP contribution in [0, 0.1) is 0 Å². The number of fused-ring (bicyclic) bond motifs is 2. The van der Waals surface area contributed by atoms with E-state index in [-0.39, 0.29) is 18.2 Å². The summed E-state index contributed by atoms with van der Waals surface area (Å²) in [6, 6.07) is 12.4. The molecule has 1 atom stereocenters. The number of hydrogen-bond acceptors (Lipinski definition) is 3. The first-order chi connectivity index (χ1) is 15.1. The number of nitrogens with zero attached hydrogens (tertiary/aromatic N) is 1. The summed E-state index contributed by atoms with van der Waals surface area (Å²) in [5.74, 6) is -0.645. The number of carbonyl (C=O) groups excluding carboxylic acids is 3. The first-order valence-corrected chi connectivity index (χ1v) is 10.4. The van der Waals surface area contributed by atoms with Crippen LogP contribution >= 0.6 is 0 Å². The highest BCUT2D eigenvalue weighted by atomic mass is 16.2. The minimum Gasteiger partial charge on any atom is -0.361 e. The molecule has 5 rings (SSSR count). The Kier molecular flexibility index (Phi) is 4.58. The van der Waals surface area contributed by atoms with E-state index in [4.69, 9.17) is 0 Å². The van der Waals surface area contributed by atoms with Gasteiger partial charge >= 0.3 is 6.03 Å². The summed E-state index contributed by atoms with van der Waals surface area (Å²) in [5, 5.41) is 4.56. The van der Waals surface area contributed by atoms with Crippen molar-refractivity contribution in [1.82, 2.24) is 20.2 Å². The average Bonchev–Trinajstić information content (AvgIpc) is 3.46. The summed E-state index contributed by atoms with van der Waals surface area (Å²) in [4.78, 5) is 45.7. The largest absolute Gasteiger partial charge is 0.361 e. The van der Waals surface area contributed by atoms with Gasteiger partial charge in [-0.2, -0.15) is 0 Å². The Balaban J connectivity index is 1.35. The smallest absolute Gasteiger partial charge is 0.325 e. The monoisotopic (exact) mass is 414 g/mol. The molecule has 4 aromatic rings. The number of hydrogen-bond donors (Lipinski definition) is 3. The Morgan fingerprint density at radius 1 is 0.968 bits per heavy atom. The van der Waals surface area contributed by atoms with E-state index >= 15 is 0 Å². The van der Waals surface area contributed by atoms with Crippen LogP contribution < -0.4 is 5.32 Å². The van der Waals surface area contributed by atoms with Crippen LogP contribution in [0.15, 0.2) is 54.9 Å². The number of benzene rings is 2. The highest BCUT2D eigenvalue weighted by Gasteiger charge is 2.39. The second-order valence-corrected chi connectivity index (χ2v) is 7.81. The number of aryl methyl sites for hydroxylation is 1. The molecule has 3 heterocycles. The van der Waals surface area contributed by atoms with E-state index in [1.807, 2.05) is 48.7 Å². The number of urea groups is 1. The van der Waals surface area contributed by atoms with Gasteiger partial charge in [-0.05, 0) is 23.6 Å². The highest BCUT2D eigenvalue weighted by molar-refractivity contribution is 6.13. The van der Waals surface area contributed by atoms with Gasteiger partial charge < -0.3 is 15.3 Å². The molecule has 0 unspecified atom stereocenters. The van der Waals surface area contributed by atoms with Crippen LogP contribution in [0.3, 0.4) is 0 Å². The highest BCUT2D eigenvalue weighted by Crippen LogP contribution is 2.24. The Morgan fingerprint density at radius 3 is 2.61 bits per heavy atom. The molecule has 3 N–H and O–H groups in total. The molecule has 1 aliphatic heterocycles. The number of ketones is 1. The predicted octanol–water partition coefficient (Wildman–Crippen LogP) is 3.56. The lowest BCUT2D eigenvalue weighted by Crippen LogP contribution is -2.36. The van der Waals surface area contributed by atoms with Crippen molar-refractivity contribution in [2.45, 2.75) is 25.8 Å². The van der Waals surface area contributed by atoms with Crippen molar-refractivity contribution in [1.29, 1.82) is 0 Å². The van der Waals surface area contributed by atoms with Gasteiger partial charge in [0, 0.05) is 46.2 Å². The quantitative estimate of drug-likeness (QED) is 0.332. The molecule has 31 heavy (non-hydrogen) atoms. The summed E-state index contributed by atoms with van der Waals surface area (Å²) < 4.78 is 0. The molecule has 2 aromatic carbocycles. The number of Topliss-reactive ketones (excluding diaryl/α,β-unsaturated/α-hetero) is 1. The summed E-state index contributed by atoms with van der Waals surface area (Å²) in [5.41, 5.74) is 4.46. The number of aromatic amines is 2. The molecule has 0 bridgehead atoms. The minimum atomic E-state index is -0.686. The molecule has 7 heteroatoms. The van der Waals surface area contributed by atoms with Crippen LogP contribution in [-0.4, -0.2) is 45.2 Å². The lowest BCUT2D eigenvalue weighted by molar-refractivity contribution is -0.127. The zero-order valence-electron chi connectivity index (χ0n) is 17.1. The van der Waals surface area contributed by atoms with Gasteiger partial charge in [0.1, 0.15) is 6.04 Å². The number of imide groups is 1. The van der Waals surface area contributed by atoms with E-state index in [0.717, 1.165) is 44.3 Å². The van der Waals surface area contributed by atoms with Crippen molar-refractivity contribution in [2.24, 2.45) is 0 Å². The molecular formula is C24H22N4O3. The average molecular weight is 414 g/mol. The molecule has 156 valence electrons. The van der Waals surface area contributed by atoms with Gasteiger partial charge in [0.25, 0.3) is 5.91 Å². The van der Waals surface area contributed by atoms with Crippen molar-refractivity contribution in [3.05, 3.63) is 71.5 Å². The molecule has 1 aliphatic rings. The first-order valence-electron chi connectivity index (χ1n) is 10.4. The second kappa shape index (κ2) is 7.43. The summed E-state index contributed by atoms with van der Waals surface area (Å²) in [6.45, 7) is 1.77. The van der Waals surface area contributed by atoms with Gasteiger partial charge in [-0.25, -0.2) is 4.79 Å². The third-order valence-electron chi connectivity index (χ3n) is 5.99. The molecule has 1 saturated heterocycles. The number of nitrogens with one attached hydrogen (secondary N) is 3. The van der Waals surface area contributed by atoms with Crippen LogP contribution in [0.5, 0.6) is 0 Å². The van der Waals surface area contributed by atoms with Crippen molar-refractivity contribution < 1.29 is 14.4 Å². The van der Waals surface area contributed by atoms with Gasteiger partial charge in [0.15, 0.2) is 5.78 Å². The molecule has 1 fully saturated rings. The fourth-order valence-electron chi connectivity index (χ4n) is 4.36. The van der Waals surface area contributed by atoms with Crippen molar-refractivity contribution in [3.8, 4) is 0 Å². The van der Waals surface area contributed by atoms with Crippen LogP contribution in [0.25, 0.3) is 21.8 Å². The standard InChI is InChI=1S/C24H22N4O3/c1-2-14-6-5-8-17-18(12-26-22(14)17)21(29)13-28-23(30)20(27-24(28)31)10-15-11-25-19-9-4-3-7-16(15)19/h3-9,11-12,20,25-26H,2,10,13H2,1H3,(H,27,31)/t20-/m0/s1. The lowest BCUT2D eigenvalue weighted by Gasteiger charge is -2.12. The molecular weight excluding hydrogens is 392 g/mol. The van der Waals surface area contributed by atoms with E-state index in [0.29, 0.717) is 12.0 Å². The van der Waals surface area contributed by atoms with Crippen molar-refractivity contribution in [3.63, 3.8) is 0 Å². The predicted molar refractivity (Wildman–Crippen MR) is 118 cm³/mol. The van der Waals surface area contributed by atoms with E-state index in [2.05, 4.69) is 22.2 Å². The third-order valence-corrected chi connectivity index (χ3v) is 5.99. The van der Waals surface area contributed by atoms with Gasteiger partial charge in [-0.15, -0.1) is 0 Å². The van der Waals surface area contributed by atoms with E-state index < -0.39 is 12.1 Å². The van der Waals surface area contributed by atoms with Crippen molar-refractivity contribution in [2.75, 3.05) is 6.54 Å². The number of para-hydroxylation sites is 2. The fraction of sp³-hybridized carbons (Fsp3) is 0.208. The van der Waals surface area contributed by atoms with E-state index in [9.17, 15) is 14.4 Å². The number of aromatic nitrogens is 2. The molecule has 7 nitrogen and oxygen atoms in total. The molecule has 0 aliphatic carbocycles. The van der Waals surface area contributed by atoms with Gasteiger partial charge in [0.05, 0.1) is 6.54 Å². The van der Waals surface area contributed by atoms with Crippen LogP contribution in [-0.2, 0) is 17.6 Å². The molecule has 2 aromatic heterocycles. The Bertz CT molecular complexity index is 1330. The third kappa shape index (κ3) is 3.18. The first kappa shape index (κ1) is 19.1. The maximum absolute atomic E-state index is 13.0. The molecule has 3 amide bonds. The molecule has 0 saturated carbocycles. The molecule has 0 spiro atoms. The van der Waals surface area contributed by atoms with Crippen LogP contribution in [0.4, 0.5) is 4.79 Å². The number of H-pyrrole nitrogens is 2. The van der Waals surface area contributed by atoms with E-state index in [1.54, 1.807) is 6.20 Å². The lowest BCUT2D eigenvalue weighted by atomic mass is 10.0. The minimum absolute atomic E-state index is 0.268.